The van der Waals surface area contributed by atoms with Crippen LogP contribution in [0.25, 0.3) is 0 Å². The third-order valence-electron chi connectivity index (χ3n) is 2.98. The van der Waals surface area contributed by atoms with Gasteiger partial charge in [0.05, 0.1) is 12.8 Å². The highest BCUT2D eigenvalue weighted by Crippen LogP contribution is 2.32. The van der Waals surface area contributed by atoms with Gasteiger partial charge in [-0.1, -0.05) is 6.07 Å². The molecule has 1 aromatic heterocycles. The van der Waals surface area contributed by atoms with Crippen LogP contribution < -0.4 is 9.64 Å². The number of nitrogens with zero attached hydrogens (tertiary/aromatic N) is 4. The Morgan fingerprint density at radius 1 is 1.20 bits per heavy atom. The Balaban J connectivity index is 2.51. The molecule has 1 heterocycles. The molecule has 0 spiro atoms. The minimum Gasteiger partial charge on any atom is -0.495 e. The quantitative estimate of drug-likeness (QED) is 0.856. The van der Waals surface area contributed by atoms with Gasteiger partial charge in [0, 0.05) is 13.1 Å². The van der Waals surface area contributed by atoms with Crippen molar-refractivity contribution in [3.63, 3.8) is 0 Å². The lowest BCUT2D eigenvalue weighted by atomic mass is 10.2. The number of rotatable bonds is 3. The van der Waals surface area contributed by atoms with Crippen LogP contribution in [0.3, 0.4) is 0 Å². The van der Waals surface area contributed by atoms with E-state index in [2.05, 4.69) is 9.97 Å². The third kappa shape index (κ3) is 2.69. The van der Waals surface area contributed by atoms with Crippen molar-refractivity contribution in [2.75, 3.05) is 19.1 Å². The largest absolute Gasteiger partial charge is 0.495 e. The van der Waals surface area contributed by atoms with Crippen LogP contribution in [0.5, 0.6) is 5.75 Å². The minimum absolute atomic E-state index is 0.353. The van der Waals surface area contributed by atoms with E-state index in [4.69, 9.17) is 10.00 Å². The second-order valence-corrected chi connectivity index (χ2v) is 4.50. The maximum Gasteiger partial charge on any atom is 0.146 e. The molecule has 102 valence electrons. The summed E-state index contributed by atoms with van der Waals surface area (Å²) in [6, 6.07) is 9.63. The molecule has 0 aliphatic carbocycles. The molecule has 20 heavy (non-hydrogen) atoms. The zero-order valence-corrected chi connectivity index (χ0v) is 12.0. The SMILES string of the molecule is COc1ccc(C)cc1N(C)c1cc(C#N)nc(C)n1. The topological polar surface area (TPSA) is 62.0 Å². The van der Waals surface area contributed by atoms with Crippen LogP contribution in [0.4, 0.5) is 11.5 Å². The van der Waals surface area contributed by atoms with Crippen molar-refractivity contribution in [1.82, 2.24) is 9.97 Å². The van der Waals surface area contributed by atoms with Crippen LogP contribution in [0.15, 0.2) is 24.3 Å². The minimum atomic E-state index is 0.353. The molecule has 1 aromatic carbocycles. The average molecular weight is 268 g/mol. The summed E-state index contributed by atoms with van der Waals surface area (Å²) in [4.78, 5) is 10.3. The molecule has 2 rings (SSSR count). The zero-order valence-electron chi connectivity index (χ0n) is 12.0. The van der Waals surface area contributed by atoms with E-state index in [9.17, 15) is 0 Å². The van der Waals surface area contributed by atoms with E-state index >= 15 is 0 Å². The summed E-state index contributed by atoms with van der Waals surface area (Å²) < 4.78 is 5.38. The molecule has 0 N–H and O–H groups in total. The number of anilines is 2. The lowest BCUT2D eigenvalue weighted by Crippen LogP contribution is -2.14. The van der Waals surface area contributed by atoms with Crippen molar-refractivity contribution in [2.45, 2.75) is 13.8 Å². The fourth-order valence-electron chi connectivity index (χ4n) is 1.97. The number of nitriles is 1. The van der Waals surface area contributed by atoms with Gasteiger partial charge in [-0.2, -0.15) is 5.26 Å². The molecular formula is C15H16N4O. The highest BCUT2D eigenvalue weighted by molar-refractivity contribution is 5.67. The first-order valence-corrected chi connectivity index (χ1v) is 6.19. The van der Waals surface area contributed by atoms with Crippen LogP contribution in [-0.4, -0.2) is 24.1 Å². The first kappa shape index (κ1) is 13.8. The van der Waals surface area contributed by atoms with Crippen molar-refractivity contribution in [3.8, 4) is 11.8 Å². The first-order valence-electron chi connectivity index (χ1n) is 6.19. The molecule has 0 fully saturated rings. The standard InChI is InChI=1S/C15H16N4O/c1-10-5-6-14(20-4)13(7-10)19(3)15-8-12(9-16)17-11(2)18-15/h5-8H,1-4H3. The van der Waals surface area contributed by atoms with Crippen molar-refractivity contribution >= 4 is 11.5 Å². The lowest BCUT2D eigenvalue weighted by Gasteiger charge is -2.21. The third-order valence-corrected chi connectivity index (χ3v) is 2.98. The number of benzene rings is 1. The van der Waals surface area contributed by atoms with Crippen molar-refractivity contribution < 1.29 is 4.74 Å². The summed E-state index contributed by atoms with van der Waals surface area (Å²) >= 11 is 0. The van der Waals surface area contributed by atoms with Gasteiger partial charge < -0.3 is 9.64 Å². The summed E-state index contributed by atoms with van der Waals surface area (Å²) in [5.74, 6) is 1.99. The van der Waals surface area contributed by atoms with E-state index in [1.54, 1.807) is 20.1 Å². The van der Waals surface area contributed by atoms with Crippen LogP contribution in [0, 0.1) is 25.2 Å². The van der Waals surface area contributed by atoms with Gasteiger partial charge in [0.2, 0.25) is 0 Å². The highest BCUT2D eigenvalue weighted by atomic mass is 16.5. The maximum atomic E-state index is 9.00. The van der Waals surface area contributed by atoms with E-state index in [1.165, 1.54) is 0 Å². The van der Waals surface area contributed by atoms with Crippen molar-refractivity contribution in [2.24, 2.45) is 0 Å². The van der Waals surface area contributed by atoms with Crippen LogP contribution in [0.1, 0.15) is 17.1 Å². The molecule has 2 aromatic rings. The molecule has 0 radical (unpaired) electrons. The van der Waals surface area contributed by atoms with E-state index in [1.807, 2.05) is 43.1 Å². The Labute approximate surface area is 118 Å². The smallest absolute Gasteiger partial charge is 0.146 e. The summed E-state index contributed by atoms with van der Waals surface area (Å²) in [7, 11) is 3.52. The van der Waals surface area contributed by atoms with Crippen LogP contribution in [-0.2, 0) is 0 Å². The Morgan fingerprint density at radius 3 is 2.60 bits per heavy atom. The monoisotopic (exact) mass is 268 g/mol. The molecule has 0 atom stereocenters. The van der Waals surface area contributed by atoms with Gasteiger partial charge in [-0.3, -0.25) is 0 Å². The van der Waals surface area contributed by atoms with Gasteiger partial charge in [0.15, 0.2) is 0 Å². The van der Waals surface area contributed by atoms with E-state index in [0.29, 0.717) is 17.3 Å². The van der Waals surface area contributed by atoms with E-state index < -0.39 is 0 Å². The number of aryl methyl sites for hydroxylation is 2. The van der Waals surface area contributed by atoms with Gasteiger partial charge in [-0.15, -0.1) is 0 Å². The number of methoxy groups -OCH3 is 1. The van der Waals surface area contributed by atoms with Gasteiger partial charge in [-0.25, -0.2) is 9.97 Å². The van der Waals surface area contributed by atoms with Gasteiger partial charge >= 0.3 is 0 Å². The summed E-state index contributed by atoms with van der Waals surface area (Å²) in [5.41, 5.74) is 2.37. The Kier molecular flexibility index (Phi) is 3.85. The zero-order chi connectivity index (χ0) is 14.7. The number of hydrogen-bond donors (Lipinski definition) is 0. The molecule has 0 saturated heterocycles. The molecule has 5 heteroatoms. The molecule has 0 aliphatic heterocycles. The summed E-state index contributed by atoms with van der Waals surface area (Å²) in [6.07, 6.45) is 0. The van der Waals surface area contributed by atoms with Crippen molar-refractivity contribution in [1.29, 1.82) is 5.26 Å². The Morgan fingerprint density at radius 2 is 1.95 bits per heavy atom. The maximum absolute atomic E-state index is 9.00. The van der Waals surface area contributed by atoms with E-state index in [-0.39, 0.29) is 0 Å². The molecule has 0 aliphatic rings. The predicted octanol–water partition coefficient (Wildman–Crippen LogP) is 2.74. The normalized spacial score (nSPS) is 9.95. The molecule has 0 bridgehead atoms. The molecule has 5 nitrogen and oxygen atoms in total. The van der Waals surface area contributed by atoms with Gasteiger partial charge in [0.1, 0.15) is 29.2 Å². The highest BCUT2D eigenvalue weighted by Gasteiger charge is 2.13. The molecule has 0 unspecified atom stereocenters. The average Bonchev–Trinajstić information content (AvgIpc) is 2.45. The molecule has 0 amide bonds. The number of ether oxygens (including phenoxy) is 1. The van der Waals surface area contributed by atoms with E-state index in [0.717, 1.165) is 17.0 Å². The van der Waals surface area contributed by atoms with Crippen LogP contribution in [0.2, 0.25) is 0 Å². The van der Waals surface area contributed by atoms with Crippen molar-refractivity contribution in [3.05, 3.63) is 41.3 Å². The second kappa shape index (κ2) is 5.57. The number of hydrogen-bond acceptors (Lipinski definition) is 5. The summed E-state index contributed by atoms with van der Waals surface area (Å²) in [6.45, 7) is 3.79. The Hall–Kier alpha value is -2.61. The lowest BCUT2D eigenvalue weighted by molar-refractivity contribution is 0.415. The number of aromatic nitrogens is 2. The van der Waals surface area contributed by atoms with Gasteiger partial charge in [-0.05, 0) is 31.5 Å². The molecular weight excluding hydrogens is 252 g/mol. The fraction of sp³-hybridized carbons (Fsp3) is 0.267. The molecule has 0 saturated carbocycles. The Bertz CT molecular complexity index is 676. The summed E-state index contributed by atoms with van der Waals surface area (Å²) in [5, 5.41) is 9.00. The second-order valence-electron chi connectivity index (χ2n) is 4.50. The van der Waals surface area contributed by atoms with Gasteiger partial charge in [0.25, 0.3) is 0 Å². The first-order chi connectivity index (χ1) is 9.55. The van der Waals surface area contributed by atoms with Crippen LogP contribution >= 0.6 is 0 Å². The fourth-order valence-corrected chi connectivity index (χ4v) is 1.97. The predicted molar refractivity (Wildman–Crippen MR) is 77.3 cm³/mol.